The average Bonchev–Trinajstić information content (AvgIpc) is 2.80. The van der Waals surface area contributed by atoms with Gasteiger partial charge in [0.15, 0.2) is 0 Å². The topological polar surface area (TPSA) is 93.7 Å². The minimum atomic E-state index is -3.96. The fourth-order valence-electron chi connectivity index (χ4n) is 3.26. The molecule has 3 aromatic rings. The van der Waals surface area contributed by atoms with Crippen LogP contribution in [0.3, 0.4) is 0 Å². The second-order valence-electron chi connectivity index (χ2n) is 7.59. The number of benzene rings is 3. The first kappa shape index (κ1) is 24.1. The number of carbonyl (C=O) groups excluding carboxylic acids is 1. The maximum absolute atomic E-state index is 13.0. The SMILES string of the molecule is COc1ccc(NS(=O)(=O)c2cc(NC(=O)CCCc3ccc(C)cc3)ccc2OC)cc1. The van der Waals surface area contributed by atoms with E-state index in [0.717, 1.165) is 6.42 Å². The summed E-state index contributed by atoms with van der Waals surface area (Å²) in [6.07, 6.45) is 1.81. The summed E-state index contributed by atoms with van der Waals surface area (Å²) < 4.78 is 38.8. The van der Waals surface area contributed by atoms with E-state index in [2.05, 4.69) is 34.3 Å². The van der Waals surface area contributed by atoms with Crippen molar-refractivity contribution in [1.82, 2.24) is 0 Å². The van der Waals surface area contributed by atoms with Gasteiger partial charge in [-0.15, -0.1) is 0 Å². The number of aryl methyl sites for hydroxylation is 2. The lowest BCUT2D eigenvalue weighted by Gasteiger charge is -2.14. The molecule has 0 fully saturated rings. The Balaban J connectivity index is 1.67. The Morgan fingerprint density at radius 2 is 1.55 bits per heavy atom. The Kier molecular flexibility index (Phi) is 7.95. The third-order valence-electron chi connectivity index (χ3n) is 5.07. The van der Waals surface area contributed by atoms with Gasteiger partial charge >= 0.3 is 0 Å². The highest BCUT2D eigenvalue weighted by Crippen LogP contribution is 2.29. The van der Waals surface area contributed by atoms with E-state index in [0.29, 0.717) is 30.0 Å². The number of carbonyl (C=O) groups is 1. The van der Waals surface area contributed by atoms with Crippen molar-refractivity contribution in [3.63, 3.8) is 0 Å². The van der Waals surface area contributed by atoms with Crippen LogP contribution < -0.4 is 19.5 Å². The quantitative estimate of drug-likeness (QED) is 0.447. The first-order chi connectivity index (χ1) is 15.8. The summed E-state index contributed by atoms with van der Waals surface area (Å²) in [5.74, 6) is 0.606. The largest absolute Gasteiger partial charge is 0.497 e. The molecule has 33 heavy (non-hydrogen) atoms. The molecule has 0 saturated carbocycles. The van der Waals surface area contributed by atoms with E-state index in [1.807, 2.05) is 6.92 Å². The Morgan fingerprint density at radius 1 is 0.879 bits per heavy atom. The molecule has 174 valence electrons. The van der Waals surface area contributed by atoms with Crippen molar-refractivity contribution in [2.24, 2.45) is 0 Å². The lowest BCUT2D eigenvalue weighted by molar-refractivity contribution is -0.116. The van der Waals surface area contributed by atoms with Gasteiger partial charge in [0.1, 0.15) is 16.4 Å². The minimum Gasteiger partial charge on any atom is -0.497 e. The number of ether oxygens (including phenoxy) is 2. The minimum absolute atomic E-state index is 0.0710. The standard InChI is InChI=1S/C25H28N2O5S/c1-18-7-9-19(10-8-18)5-4-6-25(28)26-21-13-16-23(32-3)24(17-21)33(29,30)27-20-11-14-22(31-2)15-12-20/h7-17,27H,4-6H2,1-3H3,(H,26,28). The number of amides is 1. The van der Waals surface area contributed by atoms with E-state index in [4.69, 9.17) is 9.47 Å². The molecule has 3 rings (SSSR count). The summed E-state index contributed by atoms with van der Waals surface area (Å²) in [6.45, 7) is 2.03. The fourth-order valence-corrected chi connectivity index (χ4v) is 4.52. The number of hydrogen-bond donors (Lipinski definition) is 2. The summed E-state index contributed by atoms with van der Waals surface area (Å²) in [6, 6.07) is 19.3. The van der Waals surface area contributed by atoms with Crippen molar-refractivity contribution in [3.05, 3.63) is 77.9 Å². The van der Waals surface area contributed by atoms with Gasteiger partial charge in [0.25, 0.3) is 10.0 Å². The van der Waals surface area contributed by atoms with Crippen LogP contribution in [0.25, 0.3) is 0 Å². The Hall–Kier alpha value is -3.52. The Bertz CT molecular complexity index is 1190. The zero-order valence-electron chi connectivity index (χ0n) is 18.9. The monoisotopic (exact) mass is 468 g/mol. The van der Waals surface area contributed by atoms with Crippen molar-refractivity contribution in [1.29, 1.82) is 0 Å². The fraction of sp³-hybridized carbons (Fsp3) is 0.240. The maximum Gasteiger partial charge on any atom is 0.265 e. The van der Waals surface area contributed by atoms with E-state index in [-0.39, 0.29) is 16.6 Å². The summed E-state index contributed by atoms with van der Waals surface area (Å²) >= 11 is 0. The Labute approximate surface area is 194 Å². The van der Waals surface area contributed by atoms with Crippen LogP contribution in [0.4, 0.5) is 11.4 Å². The summed E-state index contributed by atoms with van der Waals surface area (Å²) in [5, 5.41) is 2.78. The normalized spacial score (nSPS) is 11.0. The van der Waals surface area contributed by atoms with Gasteiger partial charge < -0.3 is 14.8 Å². The van der Waals surface area contributed by atoms with Gasteiger partial charge in [-0.2, -0.15) is 0 Å². The number of anilines is 2. The second-order valence-corrected chi connectivity index (χ2v) is 9.24. The van der Waals surface area contributed by atoms with Gasteiger partial charge in [-0.3, -0.25) is 9.52 Å². The molecule has 0 aliphatic rings. The molecule has 1 amide bonds. The van der Waals surface area contributed by atoms with Crippen molar-refractivity contribution in [3.8, 4) is 11.5 Å². The molecule has 8 heteroatoms. The zero-order valence-corrected chi connectivity index (χ0v) is 19.7. The first-order valence-electron chi connectivity index (χ1n) is 10.5. The molecule has 7 nitrogen and oxygen atoms in total. The van der Waals surface area contributed by atoms with E-state index in [1.165, 1.54) is 37.5 Å². The van der Waals surface area contributed by atoms with Crippen molar-refractivity contribution < 1.29 is 22.7 Å². The lowest BCUT2D eigenvalue weighted by atomic mass is 10.1. The van der Waals surface area contributed by atoms with Gasteiger partial charge in [-0.1, -0.05) is 29.8 Å². The van der Waals surface area contributed by atoms with Crippen LogP contribution in [0, 0.1) is 6.92 Å². The molecule has 0 heterocycles. The molecular weight excluding hydrogens is 440 g/mol. The van der Waals surface area contributed by atoms with Crippen molar-refractivity contribution >= 4 is 27.3 Å². The van der Waals surface area contributed by atoms with Crippen LogP contribution in [0.15, 0.2) is 71.6 Å². The number of sulfonamides is 1. The third-order valence-corrected chi connectivity index (χ3v) is 6.47. The molecule has 3 aromatic carbocycles. The van der Waals surface area contributed by atoms with Crippen molar-refractivity contribution in [2.75, 3.05) is 24.3 Å². The van der Waals surface area contributed by atoms with Gasteiger partial charge in [0, 0.05) is 17.8 Å². The highest BCUT2D eigenvalue weighted by atomic mass is 32.2. The predicted octanol–water partition coefficient (Wildman–Crippen LogP) is 4.77. The summed E-state index contributed by atoms with van der Waals surface area (Å²) in [7, 11) is -1.03. The lowest BCUT2D eigenvalue weighted by Crippen LogP contribution is -2.16. The molecule has 0 saturated heterocycles. The molecule has 0 aliphatic carbocycles. The highest BCUT2D eigenvalue weighted by molar-refractivity contribution is 7.92. The van der Waals surface area contributed by atoms with Gasteiger partial charge in [0.2, 0.25) is 5.91 Å². The van der Waals surface area contributed by atoms with E-state index < -0.39 is 10.0 Å². The molecule has 2 N–H and O–H groups in total. The molecule has 0 aromatic heterocycles. The van der Waals surface area contributed by atoms with E-state index >= 15 is 0 Å². The molecule has 0 radical (unpaired) electrons. The van der Waals surface area contributed by atoms with Gasteiger partial charge in [-0.05, 0) is 67.8 Å². The van der Waals surface area contributed by atoms with Crippen LogP contribution in [0.5, 0.6) is 11.5 Å². The zero-order chi connectivity index (χ0) is 23.8. The summed E-state index contributed by atoms with van der Waals surface area (Å²) in [4.78, 5) is 12.3. The van der Waals surface area contributed by atoms with Crippen LogP contribution in [-0.2, 0) is 21.2 Å². The molecular formula is C25H28N2O5S. The smallest absolute Gasteiger partial charge is 0.265 e. The highest BCUT2D eigenvalue weighted by Gasteiger charge is 2.21. The van der Waals surface area contributed by atoms with Crippen LogP contribution in [0.2, 0.25) is 0 Å². The molecule has 0 unspecified atom stereocenters. The third kappa shape index (κ3) is 6.73. The maximum atomic E-state index is 13.0. The molecule has 0 aliphatic heterocycles. The van der Waals surface area contributed by atoms with E-state index in [9.17, 15) is 13.2 Å². The molecule has 0 bridgehead atoms. The predicted molar refractivity (Wildman–Crippen MR) is 130 cm³/mol. The molecule has 0 atom stereocenters. The number of rotatable bonds is 10. The second kappa shape index (κ2) is 10.9. The van der Waals surface area contributed by atoms with Crippen molar-refractivity contribution in [2.45, 2.75) is 31.1 Å². The summed E-state index contributed by atoms with van der Waals surface area (Å²) in [5.41, 5.74) is 3.13. The number of methoxy groups -OCH3 is 2. The number of hydrogen-bond acceptors (Lipinski definition) is 5. The van der Waals surface area contributed by atoms with Gasteiger partial charge in [-0.25, -0.2) is 8.42 Å². The van der Waals surface area contributed by atoms with Crippen LogP contribution >= 0.6 is 0 Å². The average molecular weight is 469 g/mol. The van der Waals surface area contributed by atoms with Crippen LogP contribution in [-0.4, -0.2) is 28.5 Å². The molecule has 0 spiro atoms. The van der Waals surface area contributed by atoms with E-state index in [1.54, 1.807) is 30.3 Å². The van der Waals surface area contributed by atoms with Gasteiger partial charge in [0.05, 0.1) is 14.2 Å². The number of nitrogens with one attached hydrogen (secondary N) is 2. The first-order valence-corrected chi connectivity index (χ1v) is 12.0. The van der Waals surface area contributed by atoms with Crippen LogP contribution in [0.1, 0.15) is 24.0 Å². The Morgan fingerprint density at radius 3 is 2.18 bits per heavy atom.